The Morgan fingerprint density at radius 3 is 2.66 bits per heavy atom. The summed E-state index contributed by atoms with van der Waals surface area (Å²) < 4.78 is 20.3. The lowest BCUT2D eigenvalue weighted by Crippen LogP contribution is -2.27. The van der Waals surface area contributed by atoms with Crippen LogP contribution in [-0.4, -0.2) is 35.1 Å². The van der Waals surface area contributed by atoms with Crippen molar-refractivity contribution in [2.75, 3.05) is 18.9 Å². The first kappa shape index (κ1) is 20.6. The normalized spacial score (nSPS) is 20.7. The number of nitrogens with two attached hydrogens (primary N) is 1. The predicted octanol–water partition coefficient (Wildman–Crippen LogP) is 4.04. The van der Waals surface area contributed by atoms with Crippen molar-refractivity contribution < 1.29 is 13.9 Å². The van der Waals surface area contributed by atoms with Gasteiger partial charge in [0.05, 0.1) is 17.5 Å². The maximum absolute atomic E-state index is 14.9. The average molecular weight is 432 g/mol. The first-order valence-corrected chi connectivity index (χ1v) is 11.0. The molecule has 1 saturated heterocycles. The van der Waals surface area contributed by atoms with Crippen molar-refractivity contribution in [3.8, 4) is 11.3 Å². The molecule has 5 rings (SSSR count). The van der Waals surface area contributed by atoms with Crippen LogP contribution in [0.4, 0.5) is 10.2 Å². The smallest absolute Gasteiger partial charge is 0.254 e. The fourth-order valence-corrected chi connectivity index (χ4v) is 4.33. The Balaban J connectivity index is 1.32. The second-order valence-corrected chi connectivity index (χ2v) is 8.44. The average Bonchev–Trinajstić information content (AvgIpc) is 3.59. The lowest BCUT2D eigenvalue weighted by Gasteiger charge is -2.22. The summed E-state index contributed by atoms with van der Waals surface area (Å²) in [6.07, 6.45) is 4.29. The molecule has 2 aromatic carbocycles. The molecule has 1 amide bonds. The van der Waals surface area contributed by atoms with Gasteiger partial charge in [0.2, 0.25) is 0 Å². The van der Waals surface area contributed by atoms with Crippen molar-refractivity contribution >= 4 is 11.7 Å². The number of nitrogens with one attached hydrogen (secondary N) is 1. The number of hydrogen-bond acceptors (Lipinski definition) is 5. The Kier molecular flexibility index (Phi) is 5.57. The highest BCUT2D eigenvalue weighted by atomic mass is 19.1. The Hall–Kier alpha value is -3.32. The van der Waals surface area contributed by atoms with Crippen molar-refractivity contribution in [2.45, 2.75) is 37.1 Å². The molecule has 0 spiro atoms. The molecule has 164 valence electrons. The highest BCUT2D eigenvalue weighted by Gasteiger charge is 2.39. The van der Waals surface area contributed by atoms with Gasteiger partial charge in [-0.05, 0) is 37.0 Å². The fraction of sp³-hybridized carbons (Fsp3) is 0.320. The zero-order valence-electron chi connectivity index (χ0n) is 17.6. The first-order valence-electron chi connectivity index (χ1n) is 11.0. The first-order chi connectivity index (χ1) is 15.6. The molecule has 32 heavy (non-hydrogen) atoms. The van der Waals surface area contributed by atoms with Gasteiger partial charge >= 0.3 is 0 Å². The minimum Gasteiger partial charge on any atom is -0.382 e. The van der Waals surface area contributed by atoms with Crippen LogP contribution >= 0.6 is 0 Å². The SMILES string of the molecule is Nc1ncc(C2CCOCC2)nc1-c1ccc(C(=O)NC2CC2c2ccccc2)c(F)c1. The predicted molar refractivity (Wildman–Crippen MR) is 120 cm³/mol. The second-order valence-electron chi connectivity index (χ2n) is 8.44. The molecule has 2 atom stereocenters. The van der Waals surface area contributed by atoms with E-state index >= 15 is 0 Å². The van der Waals surface area contributed by atoms with Gasteiger partial charge in [-0.25, -0.2) is 14.4 Å². The van der Waals surface area contributed by atoms with E-state index in [-0.39, 0.29) is 29.3 Å². The van der Waals surface area contributed by atoms with E-state index in [1.807, 2.05) is 30.3 Å². The van der Waals surface area contributed by atoms with Crippen molar-refractivity contribution in [2.24, 2.45) is 0 Å². The second kappa shape index (κ2) is 8.67. The summed E-state index contributed by atoms with van der Waals surface area (Å²) in [6.45, 7) is 1.38. The lowest BCUT2D eigenvalue weighted by atomic mass is 9.96. The largest absolute Gasteiger partial charge is 0.382 e. The summed E-state index contributed by atoms with van der Waals surface area (Å²) >= 11 is 0. The number of halogens is 1. The molecule has 0 bridgehead atoms. The van der Waals surface area contributed by atoms with E-state index in [4.69, 9.17) is 10.5 Å². The number of ether oxygens (including phenoxy) is 1. The van der Waals surface area contributed by atoms with Crippen LogP contribution in [0.5, 0.6) is 0 Å². The Morgan fingerprint density at radius 1 is 1.12 bits per heavy atom. The van der Waals surface area contributed by atoms with Crippen molar-refractivity contribution in [3.63, 3.8) is 0 Å². The van der Waals surface area contributed by atoms with E-state index in [0.29, 0.717) is 24.5 Å². The number of amides is 1. The van der Waals surface area contributed by atoms with Crippen LogP contribution in [0.1, 0.15) is 52.7 Å². The quantitative estimate of drug-likeness (QED) is 0.635. The molecule has 2 heterocycles. The summed E-state index contributed by atoms with van der Waals surface area (Å²) in [4.78, 5) is 21.6. The molecule has 2 fully saturated rings. The number of rotatable bonds is 5. The lowest BCUT2D eigenvalue weighted by molar-refractivity contribution is 0.0844. The molecule has 1 saturated carbocycles. The molecule has 2 unspecified atom stereocenters. The zero-order chi connectivity index (χ0) is 22.1. The van der Waals surface area contributed by atoms with Crippen LogP contribution in [-0.2, 0) is 4.74 Å². The Morgan fingerprint density at radius 2 is 1.91 bits per heavy atom. The molecule has 0 radical (unpaired) electrons. The number of nitrogens with zero attached hydrogens (tertiary/aromatic N) is 2. The van der Waals surface area contributed by atoms with Crippen LogP contribution in [0.2, 0.25) is 0 Å². The molecular weight excluding hydrogens is 407 g/mol. The molecular formula is C25H25FN4O2. The number of aromatic nitrogens is 2. The number of carbonyl (C=O) groups is 1. The Bertz CT molecular complexity index is 1130. The summed E-state index contributed by atoms with van der Waals surface area (Å²) in [7, 11) is 0. The third kappa shape index (κ3) is 4.21. The van der Waals surface area contributed by atoms with E-state index in [0.717, 1.165) is 25.0 Å². The standard InChI is InChI=1S/C25H25FN4O2/c26-20-12-17(23-24(27)28-14-22(29-23)16-8-10-32-11-9-16)6-7-18(20)25(31)30-21-13-19(21)15-4-2-1-3-5-15/h1-7,12,14,16,19,21H,8-11,13H2,(H2,27,28)(H,30,31). The molecule has 3 N–H and O–H groups in total. The van der Waals surface area contributed by atoms with Crippen LogP contribution in [0.3, 0.4) is 0 Å². The van der Waals surface area contributed by atoms with E-state index in [1.54, 1.807) is 12.3 Å². The molecule has 1 aromatic heterocycles. The van der Waals surface area contributed by atoms with E-state index in [1.165, 1.54) is 17.7 Å². The van der Waals surface area contributed by atoms with Gasteiger partial charge in [-0.15, -0.1) is 0 Å². The topological polar surface area (TPSA) is 90.1 Å². The van der Waals surface area contributed by atoms with Crippen LogP contribution in [0.15, 0.2) is 54.7 Å². The summed E-state index contributed by atoms with van der Waals surface area (Å²) in [5.41, 5.74) is 9.02. The number of anilines is 1. The maximum Gasteiger partial charge on any atom is 0.254 e. The van der Waals surface area contributed by atoms with Gasteiger partial charge in [0, 0.05) is 36.7 Å². The van der Waals surface area contributed by atoms with Crippen LogP contribution < -0.4 is 11.1 Å². The van der Waals surface area contributed by atoms with E-state index in [9.17, 15) is 9.18 Å². The van der Waals surface area contributed by atoms with Gasteiger partial charge in [0.15, 0.2) is 0 Å². The van der Waals surface area contributed by atoms with E-state index in [2.05, 4.69) is 15.3 Å². The highest BCUT2D eigenvalue weighted by Crippen LogP contribution is 2.40. The van der Waals surface area contributed by atoms with Gasteiger partial charge in [-0.1, -0.05) is 36.4 Å². The highest BCUT2D eigenvalue weighted by molar-refractivity contribution is 5.95. The monoisotopic (exact) mass is 432 g/mol. The van der Waals surface area contributed by atoms with Crippen molar-refractivity contribution in [3.05, 3.63) is 77.4 Å². The van der Waals surface area contributed by atoms with Gasteiger partial charge in [-0.2, -0.15) is 0 Å². The molecule has 1 aliphatic carbocycles. The number of carbonyl (C=O) groups excluding carboxylic acids is 1. The van der Waals surface area contributed by atoms with Gasteiger partial charge < -0.3 is 15.8 Å². The van der Waals surface area contributed by atoms with Crippen molar-refractivity contribution in [1.82, 2.24) is 15.3 Å². The summed E-state index contributed by atoms with van der Waals surface area (Å²) in [5, 5.41) is 2.94. The molecule has 7 heteroatoms. The third-order valence-electron chi connectivity index (χ3n) is 6.28. The van der Waals surface area contributed by atoms with Crippen molar-refractivity contribution in [1.29, 1.82) is 0 Å². The van der Waals surface area contributed by atoms with Gasteiger partial charge in [-0.3, -0.25) is 4.79 Å². The van der Waals surface area contributed by atoms with Gasteiger partial charge in [0.1, 0.15) is 17.3 Å². The van der Waals surface area contributed by atoms with Crippen LogP contribution in [0.25, 0.3) is 11.3 Å². The Labute approximate surface area is 186 Å². The van der Waals surface area contributed by atoms with Gasteiger partial charge in [0.25, 0.3) is 5.91 Å². The minimum atomic E-state index is -0.602. The number of hydrogen-bond donors (Lipinski definition) is 2. The zero-order valence-corrected chi connectivity index (χ0v) is 17.6. The summed E-state index contributed by atoms with van der Waals surface area (Å²) in [5.74, 6) is -0.241. The third-order valence-corrected chi connectivity index (χ3v) is 6.28. The molecule has 6 nitrogen and oxygen atoms in total. The molecule has 2 aliphatic rings. The fourth-order valence-electron chi connectivity index (χ4n) is 4.33. The van der Waals surface area contributed by atoms with Crippen LogP contribution in [0, 0.1) is 5.82 Å². The number of benzene rings is 2. The summed E-state index contributed by atoms with van der Waals surface area (Å²) in [6, 6.07) is 14.5. The minimum absolute atomic E-state index is 0.0135. The molecule has 3 aromatic rings. The maximum atomic E-state index is 14.9. The number of nitrogen functional groups attached to an aromatic ring is 1. The van der Waals surface area contributed by atoms with E-state index < -0.39 is 11.7 Å². The molecule has 1 aliphatic heterocycles.